The highest BCUT2D eigenvalue weighted by Crippen LogP contribution is 2.33. The summed E-state index contributed by atoms with van der Waals surface area (Å²) >= 11 is 18.0. The Kier molecular flexibility index (Phi) is 7.56. The summed E-state index contributed by atoms with van der Waals surface area (Å²) in [4.78, 5) is 24.7. The van der Waals surface area contributed by atoms with Crippen molar-refractivity contribution in [1.82, 2.24) is 0 Å². The molecule has 0 fully saturated rings. The smallest absolute Gasteiger partial charge is 0.340 e. The number of halogens is 3. The SMILES string of the molecule is O=C(COC(=O)c1cc(S(=O)(=O)N2CCCc3ccccc32)ccc1Cl)Nc1ccc(Cl)cc1Cl. The van der Waals surface area contributed by atoms with Crippen LogP contribution in [0.5, 0.6) is 0 Å². The largest absolute Gasteiger partial charge is 0.452 e. The van der Waals surface area contributed by atoms with E-state index in [0.29, 0.717) is 29.4 Å². The molecule has 0 bridgehead atoms. The average molecular weight is 554 g/mol. The molecule has 4 rings (SSSR count). The lowest BCUT2D eigenvalue weighted by Gasteiger charge is -2.30. The number of carbonyl (C=O) groups is 2. The lowest BCUT2D eigenvalue weighted by molar-refractivity contribution is -0.119. The van der Waals surface area contributed by atoms with Crippen LogP contribution in [-0.2, 0) is 26.0 Å². The highest BCUT2D eigenvalue weighted by molar-refractivity contribution is 7.92. The van der Waals surface area contributed by atoms with Crippen molar-refractivity contribution in [1.29, 1.82) is 0 Å². The third kappa shape index (κ3) is 5.56. The van der Waals surface area contributed by atoms with E-state index in [1.54, 1.807) is 18.2 Å². The lowest BCUT2D eigenvalue weighted by atomic mass is 10.0. The van der Waals surface area contributed by atoms with Crippen LogP contribution in [0.15, 0.2) is 65.6 Å². The van der Waals surface area contributed by atoms with Gasteiger partial charge in [-0.05, 0) is 60.9 Å². The minimum Gasteiger partial charge on any atom is -0.452 e. The minimum atomic E-state index is -3.97. The maximum Gasteiger partial charge on any atom is 0.340 e. The number of anilines is 2. The van der Waals surface area contributed by atoms with Crippen molar-refractivity contribution in [3.63, 3.8) is 0 Å². The molecule has 3 aromatic carbocycles. The molecule has 0 atom stereocenters. The number of amides is 1. The van der Waals surface area contributed by atoms with Crippen molar-refractivity contribution >= 4 is 68.1 Å². The molecule has 11 heteroatoms. The Bertz CT molecular complexity index is 1410. The zero-order valence-electron chi connectivity index (χ0n) is 18.1. The minimum absolute atomic E-state index is 0.00542. The van der Waals surface area contributed by atoms with E-state index in [1.807, 2.05) is 12.1 Å². The molecule has 7 nitrogen and oxygen atoms in total. The lowest BCUT2D eigenvalue weighted by Crippen LogP contribution is -2.35. The van der Waals surface area contributed by atoms with Gasteiger partial charge in [-0.25, -0.2) is 13.2 Å². The second-order valence-electron chi connectivity index (χ2n) is 7.70. The number of fused-ring (bicyclic) bond motifs is 1. The number of esters is 1. The molecule has 182 valence electrons. The first kappa shape index (κ1) is 25.3. The van der Waals surface area contributed by atoms with Crippen LogP contribution < -0.4 is 9.62 Å². The molecule has 1 amide bonds. The summed E-state index contributed by atoms with van der Waals surface area (Å²) in [5.41, 5.74) is 1.67. The molecule has 0 unspecified atom stereocenters. The zero-order valence-corrected chi connectivity index (χ0v) is 21.2. The second kappa shape index (κ2) is 10.5. The molecule has 0 saturated carbocycles. The van der Waals surface area contributed by atoms with E-state index in [2.05, 4.69) is 5.32 Å². The summed E-state index contributed by atoms with van der Waals surface area (Å²) in [5.74, 6) is -1.59. The highest BCUT2D eigenvalue weighted by Gasteiger charge is 2.30. The normalized spacial score (nSPS) is 13.2. The van der Waals surface area contributed by atoms with Gasteiger partial charge in [0.05, 0.1) is 31.9 Å². The second-order valence-corrected chi connectivity index (χ2v) is 10.8. The summed E-state index contributed by atoms with van der Waals surface area (Å²) in [5, 5.41) is 3.12. The molecule has 3 aromatic rings. The molecular formula is C24H19Cl3N2O5S. The summed E-state index contributed by atoms with van der Waals surface area (Å²) in [7, 11) is -3.97. The number of ether oxygens (including phenoxy) is 1. The number of para-hydroxylation sites is 1. The topological polar surface area (TPSA) is 92.8 Å². The van der Waals surface area contributed by atoms with Gasteiger partial charge in [0, 0.05) is 11.6 Å². The summed E-state index contributed by atoms with van der Waals surface area (Å²) in [6, 6.07) is 15.6. The zero-order chi connectivity index (χ0) is 25.2. The number of nitrogens with zero attached hydrogens (tertiary/aromatic N) is 1. The Labute approximate surface area is 217 Å². The summed E-state index contributed by atoms with van der Waals surface area (Å²) < 4.78 is 33.2. The molecule has 1 aliphatic heterocycles. The van der Waals surface area contributed by atoms with Gasteiger partial charge in [0.25, 0.3) is 15.9 Å². The standard InChI is InChI=1S/C24H19Cl3N2O5S/c25-16-7-10-21(20(27)12-16)28-23(30)14-34-24(31)18-13-17(8-9-19(18)26)35(32,33)29-11-3-5-15-4-1-2-6-22(15)29/h1-2,4,6-10,12-13H,3,5,11,14H2,(H,28,30). The quantitative estimate of drug-likeness (QED) is 0.402. The van der Waals surface area contributed by atoms with Crippen LogP contribution in [0.3, 0.4) is 0 Å². The first-order valence-corrected chi connectivity index (χ1v) is 13.1. The van der Waals surface area contributed by atoms with E-state index in [-0.39, 0.29) is 20.5 Å². The molecule has 1 N–H and O–H groups in total. The van der Waals surface area contributed by atoms with Gasteiger partial charge in [0.2, 0.25) is 0 Å². The average Bonchev–Trinajstić information content (AvgIpc) is 2.84. The van der Waals surface area contributed by atoms with Gasteiger partial charge in [0.15, 0.2) is 6.61 Å². The van der Waals surface area contributed by atoms with E-state index in [9.17, 15) is 18.0 Å². The first-order chi connectivity index (χ1) is 16.7. The Hall–Kier alpha value is -2.78. The fourth-order valence-corrected chi connectivity index (χ4v) is 5.90. The van der Waals surface area contributed by atoms with Gasteiger partial charge < -0.3 is 10.1 Å². The molecule has 0 spiro atoms. The Morgan fingerprint density at radius 2 is 1.74 bits per heavy atom. The molecule has 0 saturated heterocycles. The van der Waals surface area contributed by atoms with Gasteiger partial charge in [-0.15, -0.1) is 0 Å². The Morgan fingerprint density at radius 1 is 0.971 bits per heavy atom. The Morgan fingerprint density at radius 3 is 2.51 bits per heavy atom. The fourth-order valence-electron chi connectivity index (χ4n) is 3.68. The van der Waals surface area contributed by atoms with Gasteiger partial charge in [-0.1, -0.05) is 53.0 Å². The van der Waals surface area contributed by atoms with Crippen LogP contribution in [0.2, 0.25) is 15.1 Å². The van der Waals surface area contributed by atoms with Crippen LogP contribution in [-0.4, -0.2) is 33.4 Å². The molecule has 1 heterocycles. The van der Waals surface area contributed by atoms with Crippen molar-refractivity contribution in [3.8, 4) is 0 Å². The Balaban J connectivity index is 1.50. The van der Waals surface area contributed by atoms with Gasteiger partial charge in [-0.2, -0.15) is 0 Å². The summed E-state index contributed by atoms with van der Waals surface area (Å²) in [6.45, 7) is -0.320. The van der Waals surface area contributed by atoms with Crippen LogP contribution >= 0.6 is 34.8 Å². The maximum absolute atomic E-state index is 13.4. The first-order valence-electron chi connectivity index (χ1n) is 10.5. The van der Waals surface area contributed by atoms with E-state index in [4.69, 9.17) is 39.5 Å². The summed E-state index contributed by atoms with van der Waals surface area (Å²) in [6.07, 6.45) is 1.45. The third-order valence-corrected chi connectivity index (χ3v) is 8.04. The van der Waals surface area contributed by atoms with Crippen LogP contribution in [0, 0.1) is 0 Å². The third-order valence-electron chi connectivity index (χ3n) is 5.35. The van der Waals surface area contributed by atoms with Crippen molar-refractivity contribution in [2.45, 2.75) is 17.7 Å². The van der Waals surface area contributed by atoms with Gasteiger partial charge >= 0.3 is 5.97 Å². The van der Waals surface area contributed by atoms with Crippen LogP contribution in [0.1, 0.15) is 22.3 Å². The molecule has 0 aromatic heterocycles. The predicted octanol–water partition coefficient (Wildman–Crippen LogP) is 5.58. The van der Waals surface area contributed by atoms with Crippen molar-refractivity contribution in [2.75, 3.05) is 22.8 Å². The van der Waals surface area contributed by atoms with Gasteiger partial charge in [0.1, 0.15) is 0 Å². The number of hydrogen-bond donors (Lipinski definition) is 1. The monoisotopic (exact) mass is 552 g/mol. The number of sulfonamides is 1. The predicted molar refractivity (Wildman–Crippen MR) is 136 cm³/mol. The van der Waals surface area contributed by atoms with Crippen molar-refractivity contribution in [3.05, 3.63) is 86.9 Å². The van der Waals surface area contributed by atoms with Gasteiger partial charge in [-0.3, -0.25) is 9.10 Å². The van der Waals surface area contributed by atoms with E-state index in [0.717, 1.165) is 18.1 Å². The molecule has 35 heavy (non-hydrogen) atoms. The van der Waals surface area contributed by atoms with E-state index < -0.39 is 28.5 Å². The van der Waals surface area contributed by atoms with E-state index >= 15 is 0 Å². The number of aryl methyl sites for hydroxylation is 1. The van der Waals surface area contributed by atoms with Crippen LogP contribution in [0.4, 0.5) is 11.4 Å². The fraction of sp³-hybridized carbons (Fsp3) is 0.167. The van der Waals surface area contributed by atoms with Crippen molar-refractivity contribution in [2.24, 2.45) is 0 Å². The number of carbonyl (C=O) groups excluding carboxylic acids is 2. The number of benzene rings is 3. The number of hydrogen-bond acceptors (Lipinski definition) is 5. The maximum atomic E-state index is 13.4. The molecule has 1 aliphatic rings. The molecule has 0 radical (unpaired) electrons. The molecule has 0 aliphatic carbocycles. The van der Waals surface area contributed by atoms with Crippen LogP contribution in [0.25, 0.3) is 0 Å². The highest BCUT2D eigenvalue weighted by atomic mass is 35.5. The van der Waals surface area contributed by atoms with Crippen molar-refractivity contribution < 1.29 is 22.7 Å². The molecular weight excluding hydrogens is 535 g/mol. The number of rotatable bonds is 6. The number of nitrogens with one attached hydrogen (secondary N) is 1. The van der Waals surface area contributed by atoms with E-state index in [1.165, 1.54) is 28.6 Å².